The van der Waals surface area contributed by atoms with Gasteiger partial charge in [0.05, 0.1) is 12.2 Å². The number of ether oxygens (including phenoxy) is 2. The van der Waals surface area contributed by atoms with Crippen LogP contribution in [0, 0.1) is 34.0 Å². The molecule has 0 radical (unpaired) electrons. The van der Waals surface area contributed by atoms with Gasteiger partial charge in [-0.05, 0) is 93.8 Å². The van der Waals surface area contributed by atoms with E-state index in [1.54, 1.807) is 0 Å². The maximum atomic E-state index is 12.5. The van der Waals surface area contributed by atoms with E-state index in [4.69, 9.17) is 9.47 Å². The second kappa shape index (κ2) is 5.86. The van der Waals surface area contributed by atoms with Gasteiger partial charge in [0.25, 0.3) is 0 Å². The van der Waals surface area contributed by atoms with E-state index in [0.29, 0.717) is 16.7 Å². The van der Waals surface area contributed by atoms with E-state index in [1.807, 2.05) is 19.9 Å². The van der Waals surface area contributed by atoms with Gasteiger partial charge in [-0.3, -0.25) is 0 Å². The summed E-state index contributed by atoms with van der Waals surface area (Å²) in [6, 6.07) is 0. The second-order valence-corrected chi connectivity index (χ2v) is 11.7. The maximum absolute atomic E-state index is 12.5. The van der Waals surface area contributed by atoms with Crippen LogP contribution >= 0.6 is 0 Å². The number of hydrogen-bond acceptors (Lipinski definition) is 3. The fraction of sp³-hybridized carbons (Fsp3) is 0.880. The van der Waals surface area contributed by atoms with Gasteiger partial charge in [0, 0.05) is 11.0 Å². The quantitative estimate of drug-likeness (QED) is 0.348. The van der Waals surface area contributed by atoms with E-state index < -0.39 is 0 Å². The molecule has 0 N–H and O–H groups in total. The maximum Gasteiger partial charge on any atom is 0.333 e. The predicted molar refractivity (Wildman–Crippen MR) is 110 cm³/mol. The van der Waals surface area contributed by atoms with Crippen LogP contribution in [0.15, 0.2) is 11.6 Å². The zero-order valence-corrected chi connectivity index (χ0v) is 18.5. The van der Waals surface area contributed by atoms with Crippen molar-refractivity contribution in [2.24, 2.45) is 34.0 Å². The third kappa shape index (κ3) is 2.41. The Balaban J connectivity index is 1.41. The van der Waals surface area contributed by atoms with Crippen LogP contribution in [0.25, 0.3) is 0 Å². The summed E-state index contributed by atoms with van der Waals surface area (Å²) in [5.41, 5.74) is 1.97. The lowest BCUT2D eigenvalue weighted by molar-refractivity contribution is -0.196. The number of rotatable bonds is 2. The first-order chi connectivity index (χ1) is 13.2. The van der Waals surface area contributed by atoms with Gasteiger partial charge in [-0.1, -0.05) is 26.8 Å². The number of esters is 1. The molecule has 0 aromatic rings. The number of hydrogen-bond donors (Lipinski definition) is 0. The lowest BCUT2D eigenvalue weighted by Gasteiger charge is -2.65. The van der Waals surface area contributed by atoms with Gasteiger partial charge in [-0.15, -0.1) is 0 Å². The van der Waals surface area contributed by atoms with Crippen molar-refractivity contribution in [2.45, 2.75) is 97.7 Å². The first-order valence-electron chi connectivity index (χ1n) is 11.6. The van der Waals surface area contributed by atoms with Crippen LogP contribution in [0.1, 0.15) is 86.0 Å². The Labute approximate surface area is 170 Å². The Morgan fingerprint density at radius 1 is 1.07 bits per heavy atom. The van der Waals surface area contributed by atoms with Crippen LogP contribution in [0.4, 0.5) is 0 Å². The minimum absolute atomic E-state index is 0.0417. The third-order valence-electron chi connectivity index (χ3n) is 10.3. The molecule has 2 spiro atoms. The highest BCUT2D eigenvalue weighted by atomic mass is 16.6. The Bertz CT molecular complexity index is 717. The molecule has 0 unspecified atom stereocenters. The van der Waals surface area contributed by atoms with Crippen molar-refractivity contribution in [2.75, 3.05) is 6.61 Å². The molecular weight excluding hydrogens is 348 g/mol. The summed E-state index contributed by atoms with van der Waals surface area (Å²) in [5, 5.41) is 0. The Morgan fingerprint density at radius 2 is 1.82 bits per heavy atom. The molecule has 1 heterocycles. The molecule has 2 bridgehead atoms. The predicted octanol–water partition coefficient (Wildman–Crippen LogP) is 5.68. The molecule has 1 aliphatic heterocycles. The van der Waals surface area contributed by atoms with E-state index >= 15 is 0 Å². The Morgan fingerprint density at radius 3 is 2.50 bits per heavy atom. The summed E-state index contributed by atoms with van der Waals surface area (Å²) in [5.74, 6) is 2.17. The number of carbonyl (C=O) groups excluding carboxylic acids is 1. The van der Waals surface area contributed by atoms with Crippen LogP contribution < -0.4 is 0 Å². The van der Waals surface area contributed by atoms with Crippen LogP contribution in [-0.4, -0.2) is 24.3 Å². The van der Waals surface area contributed by atoms with Crippen molar-refractivity contribution in [1.82, 2.24) is 0 Å². The molecule has 156 valence electrons. The summed E-state index contributed by atoms with van der Waals surface area (Å²) in [6.07, 6.45) is 12.3. The summed E-state index contributed by atoms with van der Waals surface area (Å²) >= 11 is 0. The number of carbonyl (C=O) groups is 1. The van der Waals surface area contributed by atoms with Gasteiger partial charge in [-0.2, -0.15) is 0 Å². The van der Waals surface area contributed by atoms with Crippen molar-refractivity contribution in [3.05, 3.63) is 11.6 Å². The van der Waals surface area contributed by atoms with Crippen molar-refractivity contribution >= 4 is 5.97 Å². The second-order valence-electron chi connectivity index (χ2n) is 11.7. The fourth-order valence-corrected chi connectivity index (χ4v) is 8.78. The van der Waals surface area contributed by atoms with Crippen molar-refractivity contribution in [3.63, 3.8) is 0 Å². The van der Waals surface area contributed by atoms with E-state index in [9.17, 15) is 4.79 Å². The van der Waals surface area contributed by atoms with Gasteiger partial charge in [0.15, 0.2) is 0 Å². The molecule has 0 amide bonds. The summed E-state index contributed by atoms with van der Waals surface area (Å²) < 4.78 is 12.1. The SMILES string of the molecule is C/C=C(/C)C(=O)O[C@@H]1CC[C@]2(C)[C@H](CC[C@@]34C[C@@H](CC[C@H]32)[C@@]2(CO2)C4)C1(C)C. The largest absolute Gasteiger partial charge is 0.458 e. The summed E-state index contributed by atoms with van der Waals surface area (Å²) in [4.78, 5) is 12.5. The minimum Gasteiger partial charge on any atom is -0.458 e. The van der Waals surface area contributed by atoms with Crippen LogP contribution in [-0.2, 0) is 14.3 Å². The van der Waals surface area contributed by atoms with Crippen molar-refractivity contribution in [1.29, 1.82) is 0 Å². The zero-order chi connectivity index (χ0) is 19.9. The molecule has 5 fully saturated rings. The van der Waals surface area contributed by atoms with E-state index in [2.05, 4.69) is 20.8 Å². The molecular formula is C25H38O3. The van der Waals surface area contributed by atoms with Gasteiger partial charge in [0.1, 0.15) is 6.10 Å². The first kappa shape index (κ1) is 19.2. The molecule has 5 rings (SSSR count). The van der Waals surface area contributed by atoms with Crippen molar-refractivity contribution in [3.8, 4) is 0 Å². The summed E-state index contributed by atoms with van der Waals surface area (Å²) in [6.45, 7) is 12.2. The minimum atomic E-state index is -0.124. The Hall–Kier alpha value is -0.830. The first-order valence-corrected chi connectivity index (χ1v) is 11.6. The monoisotopic (exact) mass is 386 g/mol. The van der Waals surface area contributed by atoms with Gasteiger partial charge >= 0.3 is 5.97 Å². The molecule has 3 heteroatoms. The summed E-state index contributed by atoms with van der Waals surface area (Å²) in [7, 11) is 0. The molecule has 3 nitrogen and oxygen atoms in total. The highest BCUT2D eigenvalue weighted by Crippen LogP contribution is 2.75. The molecule has 0 aromatic heterocycles. The highest BCUT2D eigenvalue weighted by molar-refractivity contribution is 5.87. The molecule has 5 aliphatic rings. The molecule has 4 aliphatic carbocycles. The fourth-order valence-electron chi connectivity index (χ4n) is 8.78. The van der Waals surface area contributed by atoms with Crippen LogP contribution in [0.2, 0.25) is 0 Å². The molecule has 7 atom stereocenters. The Kier molecular flexibility index (Phi) is 4.01. The molecule has 1 saturated heterocycles. The van der Waals surface area contributed by atoms with Gasteiger partial charge in [0.2, 0.25) is 0 Å². The lowest BCUT2D eigenvalue weighted by Crippen LogP contribution is -2.59. The molecule has 28 heavy (non-hydrogen) atoms. The van der Waals surface area contributed by atoms with Gasteiger partial charge < -0.3 is 9.47 Å². The van der Waals surface area contributed by atoms with Crippen molar-refractivity contribution < 1.29 is 14.3 Å². The van der Waals surface area contributed by atoms with Gasteiger partial charge in [-0.25, -0.2) is 4.79 Å². The van der Waals surface area contributed by atoms with E-state index in [-0.39, 0.29) is 23.1 Å². The smallest absolute Gasteiger partial charge is 0.333 e. The normalized spacial score (nSPS) is 51.4. The van der Waals surface area contributed by atoms with E-state index in [0.717, 1.165) is 30.4 Å². The number of allylic oxidation sites excluding steroid dienone is 1. The van der Waals surface area contributed by atoms with Crippen LogP contribution in [0.3, 0.4) is 0 Å². The van der Waals surface area contributed by atoms with Crippen LogP contribution in [0.5, 0.6) is 0 Å². The van der Waals surface area contributed by atoms with E-state index in [1.165, 1.54) is 44.9 Å². The third-order valence-corrected chi connectivity index (χ3v) is 10.3. The average Bonchev–Trinajstić information content (AvgIpc) is 3.38. The molecule has 4 saturated carbocycles. The average molecular weight is 387 g/mol. The molecule has 0 aromatic carbocycles. The number of epoxide rings is 1. The zero-order valence-electron chi connectivity index (χ0n) is 18.5. The topological polar surface area (TPSA) is 38.8 Å². The number of fused-ring (bicyclic) bond motifs is 4. The lowest BCUT2D eigenvalue weighted by atomic mass is 9.41. The standard InChI is InChI=1S/C25H38O3/c1-6-16(2)21(26)28-20-10-11-23(5)18(22(20,3)4)9-12-24-13-17(7-8-19(23)24)25(14-24)15-27-25/h6,17-20H,7-15H2,1-5H3/b16-6-/t17-,18-,19+,20-,23-,24+,25+/m1/s1. The highest BCUT2D eigenvalue weighted by Gasteiger charge is 2.71.